The van der Waals surface area contributed by atoms with Crippen LogP contribution >= 0.6 is 11.3 Å². The number of carbonyl (C=O) groups is 1. The van der Waals surface area contributed by atoms with Gasteiger partial charge in [0.25, 0.3) is 5.91 Å². The number of piperidine rings is 2. The van der Waals surface area contributed by atoms with E-state index in [-0.39, 0.29) is 5.91 Å². The minimum atomic E-state index is -0.120. The molecule has 0 aliphatic carbocycles. The zero-order valence-electron chi connectivity index (χ0n) is 19.3. The van der Waals surface area contributed by atoms with Crippen molar-refractivity contribution in [1.82, 2.24) is 15.6 Å². The molecule has 2 aliphatic heterocycles. The number of thiophene rings is 1. The summed E-state index contributed by atoms with van der Waals surface area (Å²) in [5.74, 6) is -0.120. The van der Waals surface area contributed by atoms with E-state index in [9.17, 15) is 4.79 Å². The minimum Gasteiger partial charge on any atom is -0.397 e. The number of rotatable bonds is 5. The lowest BCUT2D eigenvalue weighted by Crippen LogP contribution is -2.48. The summed E-state index contributed by atoms with van der Waals surface area (Å²) in [6.45, 7) is 7.16. The molecule has 0 saturated carbocycles. The largest absolute Gasteiger partial charge is 0.397 e. The Labute approximate surface area is 199 Å². The number of nitrogens with zero attached hydrogens (tertiary/aromatic N) is 2. The number of nitrogen functional groups attached to an aromatic ring is 1. The number of nitrogens with two attached hydrogens (primary N) is 1. The summed E-state index contributed by atoms with van der Waals surface area (Å²) in [7, 11) is 0. The third-order valence-electron chi connectivity index (χ3n) is 7.27. The van der Waals surface area contributed by atoms with Crippen molar-refractivity contribution < 1.29 is 4.79 Å². The molecular weight excluding hydrogens is 430 g/mol. The first-order valence-corrected chi connectivity index (χ1v) is 12.8. The summed E-state index contributed by atoms with van der Waals surface area (Å²) in [5.41, 5.74) is 10.7. The highest BCUT2D eigenvalue weighted by molar-refractivity contribution is 7.21. The maximum atomic E-state index is 12.7. The fraction of sp³-hybridized carbons (Fsp3) is 0.462. The van der Waals surface area contributed by atoms with Crippen LogP contribution in [0, 0.1) is 12.3 Å². The van der Waals surface area contributed by atoms with Crippen molar-refractivity contribution in [3.8, 4) is 0 Å². The highest BCUT2D eigenvalue weighted by Gasteiger charge is 2.36. The van der Waals surface area contributed by atoms with Crippen LogP contribution in [-0.4, -0.2) is 43.6 Å². The molecule has 4 N–H and O–H groups in total. The van der Waals surface area contributed by atoms with Crippen LogP contribution in [0.15, 0.2) is 36.4 Å². The molecule has 5 rings (SSSR count). The van der Waals surface area contributed by atoms with Gasteiger partial charge in [-0.2, -0.15) is 0 Å². The first kappa shape index (κ1) is 22.2. The van der Waals surface area contributed by atoms with E-state index in [0.717, 1.165) is 42.0 Å². The maximum absolute atomic E-state index is 12.7. The summed E-state index contributed by atoms with van der Waals surface area (Å²) < 4.78 is 0. The Morgan fingerprint density at radius 3 is 2.76 bits per heavy atom. The molecule has 0 unspecified atom stereocenters. The van der Waals surface area contributed by atoms with Crippen molar-refractivity contribution in [1.29, 1.82) is 0 Å². The molecule has 2 saturated heterocycles. The Bertz CT molecular complexity index is 1130. The van der Waals surface area contributed by atoms with Gasteiger partial charge in [-0.15, -0.1) is 11.3 Å². The predicted molar refractivity (Wildman–Crippen MR) is 137 cm³/mol. The van der Waals surface area contributed by atoms with Gasteiger partial charge in [-0.05, 0) is 87.4 Å². The van der Waals surface area contributed by atoms with Gasteiger partial charge in [0.15, 0.2) is 0 Å². The molecule has 4 heterocycles. The van der Waals surface area contributed by atoms with E-state index in [1.54, 1.807) is 0 Å². The van der Waals surface area contributed by atoms with Crippen LogP contribution in [0.25, 0.3) is 10.2 Å². The highest BCUT2D eigenvalue weighted by atomic mass is 32.1. The standard InChI is InChI=1S/C26H33N5OS/c1-18-3-8-21-22(27)23(33-25(21)30-18)24(32)29-13-9-19-4-6-20(7-5-19)31-16-2-10-26(17-31)11-14-28-15-12-26/h3-8,28H,2,9-17,27H2,1H3,(H,29,32). The molecule has 33 heavy (non-hydrogen) atoms. The Kier molecular flexibility index (Phi) is 6.25. The van der Waals surface area contributed by atoms with Crippen molar-refractivity contribution in [2.24, 2.45) is 5.41 Å². The van der Waals surface area contributed by atoms with Gasteiger partial charge >= 0.3 is 0 Å². The van der Waals surface area contributed by atoms with Gasteiger partial charge in [0.05, 0.1) is 5.69 Å². The monoisotopic (exact) mass is 463 g/mol. The number of benzene rings is 1. The number of pyridine rings is 1. The van der Waals surface area contributed by atoms with Crippen molar-refractivity contribution >= 4 is 38.8 Å². The zero-order chi connectivity index (χ0) is 22.8. The number of aryl methyl sites for hydroxylation is 1. The molecule has 1 aromatic carbocycles. The van der Waals surface area contributed by atoms with Gasteiger partial charge in [-0.1, -0.05) is 12.1 Å². The number of aromatic nitrogens is 1. The molecule has 2 fully saturated rings. The van der Waals surface area contributed by atoms with Gasteiger partial charge in [0.2, 0.25) is 0 Å². The first-order chi connectivity index (χ1) is 16.0. The zero-order valence-corrected chi connectivity index (χ0v) is 20.1. The number of nitrogens with one attached hydrogen (secondary N) is 2. The molecule has 3 aromatic rings. The molecule has 174 valence electrons. The van der Waals surface area contributed by atoms with Crippen LogP contribution < -0.4 is 21.3 Å². The van der Waals surface area contributed by atoms with Crippen LogP contribution in [0.5, 0.6) is 0 Å². The summed E-state index contributed by atoms with van der Waals surface area (Å²) in [5, 5.41) is 7.40. The number of anilines is 2. The first-order valence-electron chi connectivity index (χ1n) is 12.0. The molecule has 2 aromatic heterocycles. The second kappa shape index (κ2) is 9.31. The lowest BCUT2D eigenvalue weighted by Gasteiger charge is -2.46. The van der Waals surface area contributed by atoms with Crippen molar-refractivity contribution in [2.45, 2.75) is 39.0 Å². The number of fused-ring (bicyclic) bond motifs is 1. The predicted octanol–water partition coefficient (Wildman–Crippen LogP) is 4.13. The van der Waals surface area contributed by atoms with Gasteiger partial charge in [0, 0.05) is 36.4 Å². The average Bonchev–Trinajstić information content (AvgIpc) is 3.15. The SMILES string of the molecule is Cc1ccc2c(N)c(C(=O)NCCc3ccc(N4CCCC5(CCNCC5)C4)cc3)sc2n1. The van der Waals surface area contributed by atoms with Gasteiger partial charge in [0.1, 0.15) is 9.71 Å². The molecule has 0 atom stereocenters. The number of amides is 1. The summed E-state index contributed by atoms with van der Waals surface area (Å²) >= 11 is 1.36. The Morgan fingerprint density at radius 1 is 1.18 bits per heavy atom. The summed E-state index contributed by atoms with van der Waals surface area (Å²) in [4.78, 5) is 21.1. The van der Waals surface area contributed by atoms with Crippen LogP contribution in [0.3, 0.4) is 0 Å². The topological polar surface area (TPSA) is 83.3 Å². The Morgan fingerprint density at radius 2 is 1.97 bits per heavy atom. The average molecular weight is 464 g/mol. The van der Waals surface area contributed by atoms with E-state index < -0.39 is 0 Å². The van der Waals surface area contributed by atoms with Gasteiger partial charge in [-0.25, -0.2) is 4.98 Å². The smallest absolute Gasteiger partial charge is 0.263 e. The molecule has 1 spiro atoms. The maximum Gasteiger partial charge on any atom is 0.263 e. The third kappa shape index (κ3) is 4.70. The summed E-state index contributed by atoms with van der Waals surface area (Å²) in [6.07, 6.45) is 6.03. The van der Waals surface area contributed by atoms with Crippen molar-refractivity contribution in [3.63, 3.8) is 0 Å². The number of hydrogen-bond acceptors (Lipinski definition) is 6. The molecule has 2 aliphatic rings. The second-order valence-corrected chi connectivity index (χ2v) is 10.6. The molecular formula is C26H33N5OS. The molecule has 1 amide bonds. The fourth-order valence-electron chi connectivity index (χ4n) is 5.33. The van der Waals surface area contributed by atoms with E-state index in [1.165, 1.54) is 54.8 Å². The van der Waals surface area contributed by atoms with Crippen molar-refractivity contribution in [3.05, 3.63) is 52.5 Å². The molecule has 0 bridgehead atoms. The van der Waals surface area contributed by atoms with Crippen LogP contribution in [0.1, 0.15) is 46.6 Å². The lowest BCUT2D eigenvalue weighted by atomic mass is 9.73. The third-order valence-corrected chi connectivity index (χ3v) is 8.38. The van der Waals surface area contributed by atoms with Crippen LogP contribution in [-0.2, 0) is 6.42 Å². The van der Waals surface area contributed by atoms with E-state index in [2.05, 4.69) is 44.8 Å². The van der Waals surface area contributed by atoms with Gasteiger partial charge in [-0.3, -0.25) is 4.79 Å². The van der Waals surface area contributed by atoms with Crippen LogP contribution in [0.2, 0.25) is 0 Å². The number of hydrogen-bond donors (Lipinski definition) is 3. The fourth-order valence-corrected chi connectivity index (χ4v) is 6.38. The van der Waals surface area contributed by atoms with Crippen molar-refractivity contribution in [2.75, 3.05) is 43.4 Å². The quantitative estimate of drug-likeness (QED) is 0.530. The van der Waals surface area contributed by atoms with E-state index in [4.69, 9.17) is 5.73 Å². The minimum absolute atomic E-state index is 0.120. The molecule has 0 radical (unpaired) electrons. The number of carbonyl (C=O) groups excluding carboxylic acids is 1. The van der Waals surface area contributed by atoms with E-state index >= 15 is 0 Å². The Balaban J connectivity index is 1.17. The molecule has 7 heteroatoms. The lowest BCUT2D eigenvalue weighted by molar-refractivity contribution is 0.0959. The van der Waals surface area contributed by atoms with E-state index in [0.29, 0.717) is 22.5 Å². The van der Waals surface area contributed by atoms with E-state index in [1.807, 2.05) is 19.1 Å². The normalized spacial score (nSPS) is 18.0. The van der Waals surface area contributed by atoms with Crippen LogP contribution in [0.4, 0.5) is 11.4 Å². The Hall–Kier alpha value is -2.64. The highest BCUT2D eigenvalue weighted by Crippen LogP contribution is 2.39. The molecule has 6 nitrogen and oxygen atoms in total. The summed E-state index contributed by atoms with van der Waals surface area (Å²) in [6, 6.07) is 12.8. The van der Waals surface area contributed by atoms with Gasteiger partial charge < -0.3 is 21.3 Å². The second-order valence-electron chi connectivity index (χ2n) is 9.60.